The molecule has 3 fully saturated rings. The largest absolute Gasteiger partial charge is 0.453 e. The van der Waals surface area contributed by atoms with Crippen molar-refractivity contribution < 1.29 is 23.9 Å². The molecule has 0 radical (unpaired) electrons. The first-order valence-electron chi connectivity index (χ1n) is 18.7. The summed E-state index contributed by atoms with van der Waals surface area (Å²) in [5.74, 6) is 1.13. The van der Waals surface area contributed by atoms with Gasteiger partial charge in [-0.25, -0.2) is 14.8 Å². The van der Waals surface area contributed by atoms with Gasteiger partial charge in [-0.05, 0) is 53.9 Å². The number of carbonyl (C=O) groups excluding carboxylic acids is 4. The number of alkyl carbamates (subject to hydrolysis) is 1. The number of hydrogen-bond donors (Lipinski definition) is 4. The average Bonchev–Trinajstić information content (AvgIpc) is 3.98. The number of imidazole rings is 2. The molecule has 4 heterocycles. The summed E-state index contributed by atoms with van der Waals surface area (Å²) < 4.78 is 4.75. The van der Waals surface area contributed by atoms with E-state index in [1.54, 1.807) is 4.90 Å². The minimum Gasteiger partial charge on any atom is -0.453 e. The molecule has 2 aromatic heterocycles. The summed E-state index contributed by atoms with van der Waals surface area (Å²) in [7, 11) is 1.29. The summed E-state index contributed by atoms with van der Waals surface area (Å²) in [5.41, 5.74) is 5.93. The van der Waals surface area contributed by atoms with Crippen molar-refractivity contribution in [1.29, 1.82) is 0 Å². The second kappa shape index (κ2) is 15.6. The predicted molar refractivity (Wildman–Crippen MR) is 199 cm³/mol. The van der Waals surface area contributed by atoms with Crippen LogP contribution in [-0.4, -0.2) is 92.9 Å². The van der Waals surface area contributed by atoms with E-state index in [0.29, 0.717) is 19.6 Å². The van der Waals surface area contributed by atoms with Gasteiger partial charge in [0.15, 0.2) is 0 Å². The zero-order valence-corrected chi connectivity index (χ0v) is 30.6. The van der Waals surface area contributed by atoms with Crippen molar-refractivity contribution in [2.75, 3.05) is 33.3 Å². The number of rotatable bonds is 9. The van der Waals surface area contributed by atoms with E-state index in [1.807, 2.05) is 31.1 Å². The number of methoxy groups -OCH3 is 1. The summed E-state index contributed by atoms with van der Waals surface area (Å²) >= 11 is 0. The highest BCUT2D eigenvalue weighted by molar-refractivity contribution is 5.88. The number of carbonyl (C=O) groups is 4. The molecule has 4 atom stereocenters. The summed E-state index contributed by atoms with van der Waals surface area (Å²) in [6.07, 6.45) is 8.44. The van der Waals surface area contributed by atoms with Crippen LogP contribution in [0.3, 0.4) is 0 Å². The minimum absolute atomic E-state index is 0.00545. The quantitative estimate of drug-likeness (QED) is 0.180. The second-order valence-electron chi connectivity index (χ2n) is 14.7. The van der Waals surface area contributed by atoms with Gasteiger partial charge in [-0.3, -0.25) is 14.4 Å². The lowest BCUT2D eigenvalue weighted by Gasteiger charge is -2.35. The third-order valence-corrected chi connectivity index (χ3v) is 10.9. The lowest BCUT2D eigenvalue weighted by atomic mass is 9.78. The normalized spacial score (nSPS) is 21.0. The Labute approximate surface area is 309 Å². The number of likely N-dealkylation sites (tertiary alicyclic amines) is 1. The van der Waals surface area contributed by atoms with E-state index in [2.05, 4.69) is 74.1 Å². The van der Waals surface area contributed by atoms with Gasteiger partial charge in [0, 0.05) is 31.5 Å². The van der Waals surface area contributed by atoms with E-state index in [1.165, 1.54) is 7.11 Å². The molecule has 7 rings (SSSR count). The monoisotopic (exact) mass is 720 g/mol. The van der Waals surface area contributed by atoms with Crippen molar-refractivity contribution in [2.45, 2.75) is 70.4 Å². The number of ether oxygens (including phenoxy) is 1. The number of aromatic nitrogens is 4. The fourth-order valence-corrected chi connectivity index (χ4v) is 8.02. The standard InChI is InChI=1S/C40H48N8O5/c1-24(2)35(46-40(52)53-3)39(51)48-19-6-9-33(48)37-43-22-32(45-37)28-16-12-26(13-17-28)25-10-14-27(15-11-25)31-21-42-36(44-31)29-7-4-5-8-30(29)38(50)47-20-18-41-34(49)23-47/h10-17,21-22,24,29-30,33,35H,4-9,18-20,23H2,1-3H3,(H,41,49)(H,42,44)(H,43,45)(H,46,52)/t29?,30?,33-,35-/m0/s1. The first kappa shape index (κ1) is 35.9. The Morgan fingerprint density at radius 3 is 2.04 bits per heavy atom. The Morgan fingerprint density at radius 1 is 0.811 bits per heavy atom. The Hall–Kier alpha value is -5.46. The van der Waals surface area contributed by atoms with Crippen molar-refractivity contribution in [1.82, 2.24) is 40.4 Å². The van der Waals surface area contributed by atoms with Gasteiger partial charge in [-0.2, -0.15) is 0 Å². The third kappa shape index (κ3) is 7.69. The van der Waals surface area contributed by atoms with Crippen molar-refractivity contribution in [3.8, 4) is 33.6 Å². The van der Waals surface area contributed by atoms with Gasteiger partial charge in [0.25, 0.3) is 0 Å². The van der Waals surface area contributed by atoms with Gasteiger partial charge in [0.05, 0.1) is 43.5 Å². The average molecular weight is 721 g/mol. The first-order chi connectivity index (χ1) is 25.7. The van der Waals surface area contributed by atoms with Crippen LogP contribution in [0, 0.1) is 11.8 Å². The maximum Gasteiger partial charge on any atom is 0.407 e. The Balaban J connectivity index is 1.00. The van der Waals surface area contributed by atoms with Gasteiger partial charge >= 0.3 is 6.09 Å². The number of nitrogens with one attached hydrogen (secondary N) is 4. The number of piperazine rings is 1. The number of benzene rings is 2. The molecule has 13 heteroatoms. The molecular formula is C40H48N8O5. The zero-order chi connectivity index (χ0) is 37.1. The highest BCUT2D eigenvalue weighted by Gasteiger charge is 2.39. The van der Waals surface area contributed by atoms with Crippen LogP contribution < -0.4 is 10.6 Å². The van der Waals surface area contributed by atoms with Crippen LogP contribution in [0.25, 0.3) is 33.6 Å². The van der Waals surface area contributed by atoms with E-state index in [0.717, 1.165) is 83.8 Å². The molecule has 2 aromatic carbocycles. The molecule has 0 spiro atoms. The molecule has 53 heavy (non-hydrogen) atoms. The van der Waals surface area contributed by atoms with Crippen LogP contribution in [0.15, 0.2) is 60.9 Å². The van der Waals surface area contributed by atoms with Gasteiger partial charge in [0.1, 0.15) is 17.7 Å². The molecule has 4 amide bonds. The van der Waals surface area contributed by atoms with E-state index < -0.39 is 12.1 Å². The highest BCUT2D eigenvalue weighted by atomic mass is 16.5. The molecule has 2 aliphatic heterocycles. The van der Waals surface area contributed by atoms with Crippen LogP contribution in [0.4, 0.5) is 4.79 Å². The number of aromatic amines is 2. The lowest BCUT2D eigenvalue weighted by molar-refractivity contribution is -0.142. The molecule has 2 saturated heterocycles. The third-order valence-electron chi connectivity index (χ3n) is 10.9. The molecule has 13 nitrogen and oxygen atoms in total. The summed E-state index contributed by atoms with van der Waals surface area (Å²) in [6.45, 7) is 5.59. The van der Waals surface area contributed by atoms with E-state index in [9.17, 15) is 19.2 Å². The summed E-state index contributed by atoms with van der Waals surface area (Å²) in [6, 6.07) is 15.8. The maximum atomic E-state index is 13.5. The molecule has 1 saturated carbocycles. The number of hydrogen-bond acceptors (Lipinski definition) is 7. The van der Waals surface area contributed by atoms with Gasteiger partial charge in [-0.1, -0.05) is 75.2 Å². The van der Waals surface area contributed by atoms with Crippen LogP contribution in [0.2, 0.25) is 0 Å². The van der Waals surface area contributed by atoms with Crippen molar-refractivity contribution in [2.24, 2.45) is 11.8 Å². The molecule has 1 aliphatic carbocycles. The Kier molecular flexibility index (Phi) is 10.6. The molecule has 4 N–H and O–H groups in total. The van der Waals surface area contributed by atoms with Crippen LogP contribution in [0.1, 0.15) is 76.0 Å². The minimum atomic E-state index is -0.681. The van der Waals surface area contributed by atoms with Gasteiger partial charge < -0.3 is 35.1 Å². The van der Waals surface area contributed by atoms with E-state index >= 15 is 0 Å². The fraction of sp³-hybridized carbons (Fsp3) is 0.450. The number of nitrogens with zero attached hydrogens (tertiary/aromatic N) is 4. The van der Waals surface area contributed by atoms with Crippen molar-refractivity contribution in [3.05, 3.63) is 72.6 Å². The predicted octanol–water partition coefficient (Wildman–Crippen LogP) is 5.41. The highest BCUT2D eigenvalue weighted by Crippen LogP contribution is 2.39. The van der Waals surface area contributed by atoms with Crippen LogP contribution in [-0.2, 0) is 19.1 Å². The van der Waals surface area contributed by atoms with E-state index in [-0.39, 0.29) is 48.1 Å². The van der Waals surface area contributed by atoms with Gasteiger partial charge in [0.2, 0.25) is 17.7 Å². The smallest absolute Gasteiger partial charge is 0.407 e. The van der Waals surface area contributed by atoms with E-state index in [4.69, 9.17) is 9.72 Å². The molecular weight excluding hydrogens is 672 g/mol. The zero-order valence-electron chi connectivity index (χ0n) is 30.6. The van der Waals surface area contributed by atoms with Crippen LogP contribution >= 0.6 is 0 Å². The second-order valence-corrected chi connectivity index (χ2v) is 14.7. The molecule has 0 bridgehead atoms. The first-order valence-corrected chi connectivity index (χ1v) is 18.7. The van der Waals surface area contributed by atoms with Crippen LogP contribution in [0.5, 0.6) is 0 Å². The fourth-order valence-electron chi connectivity index (χ4n) is 8.02. The lowest BCUT2D eigenvalue weighted by Crippen LogP contribution is -2.52. The molecule has 2 unspecified atom stereocenters. The van der Waals surface area contributed by atoms with Gasteiger partial charge in [-0.15, -0.1) is 0 Å². The summed E-state index contributed by atoms with van der Waals surface area (Å²) in [5, 5.41) is 5.50. The number of amides is 4. The van der Waals surface area contributed by atoms with Crippen molar-refractivity contribution >= 4 is 23.8 Å². The molecule has 3 aliphatic rings. The van der Waals surface area contributed by atoms with Crippen molar-refractivity contribution in [3.63, 3.8) is 0 Å². The Morgan fingerprint density at radius 2 is 1.42 bits per heavy atom. The topological polar surface area (TPSA) is 165 Å². The Bertz CT molecular complexity index is 1930. The maximum absolute atomic E-state index is 13.5. The molecule has 278 valence electrons. The molecule has 4 aromatic rings. The summed E-state index contributed by atoms with van der Waals surface area (Å²) in [4.78, 5) is 70.8. The SMILES string of the molecule is COC(=O)N[C@H](C(=O)N1CCC[C@H]1c1ncc(-c2ccc(-c3ccc(-c4cnc(C5CCCCC5C(=O)N5CCNC(=O)C5)[nH]4)cc3)cc2)[nH]1)C(C)C. The number of H-pyrrole nitrogens is 2.